The van der Waals surface area contributed by atoms with Crippen LogP contribution in [0.25, 0.3) is 0 Å². The number of hydrogen-bond donors (Lipinski definition) is 1. The molecule has 2 heterocycles. The fourth-order valence-corrected chi connectivity index (χ4v) is 3.08. The standard InChI is InChI=1S/C19H19N3O3/c1-13-8-9-22(16(11-13)17-3-2-10-25-17)19(24)18(23)21-15-6-4-14(12-20)5-7-15/h2-7,10,13,16H,8-9,11H2,1H3,(H,21,23)/t13-,16-/m0/s1. The van der Waals surface area contributed by atoms with E-state index < -0.39 is 11.8 Å². The number of nitrogens with one attached hydrogen (secondary N) is 1. The maximum atomic E-state index is 12.7. The van der Waals surface area contributed by atoms with Crippen LogP contribution in [0, 0.1) is 17.2 Å². The second-order valence-electron chi connectivity index (χ2n) is 6.30. The van der Waals surface area contributed by atoms with Crippen LogP contribution in [0.2, 0.25) is 0 Å². The van der Waals surface area contributed by atoms with E-state index in [1.165, 1.54) is 0 Å². The fraction of sp³-hybridized carbons (Fsp3) is 0.316. The molecule has 2 aromatic rings. The molecule has 0 unspecified atom stereocenters. The number of benzene rings is 1. The minimum atomic E-state index is -0.684. The molecule has 2 amide bonds. The predicted octanol–water partition coefficient (Wildman–Crippen LogP) is 3.09. The molecule has 1 N–H and O–H groups in total. The van der Waals surface area contributed by atoms with E-state index in [4.69, 9.17) is 9.68 Å². The second kappa shape index (κ2) is 7.22. The largest absolute Gasteiger partial charge is 0.467 e. The summed E-state index contributed by atoms with van der Waals surface area (Å²) in [6.07, 6.45) is 3.20. The van der Waals surface area contributed by atoms with E-state index in [0.717, 1.165) is 12.8 Å². The van der Waals surface area contributed by atoms with Gasteiger partial charge in [-0.25, -0.2) is 0 Å². The maximum absolute atomic E-state index is 12.7. The first-order chi connectivity index (χ1) is 12.1. The van der Waals surface area contributed by atoms with Crippen molar-refractivity contribution in [2.24, 2.45) is 5.92 Å². The lowest BCUT2D eigenvalue weighted by Gasteiger charge is -2.36. The minimum Gasteiger partial charge on any atom is -0.467 e. The Morgan fingerprint density at radius 2 is 2.04 bits per heavy atom. The molecule has 6 nitrogen and oxygen atoms in total. The van der Waals surface area contributed by atoms with Crippen LogP contribution in [-0.2, 0) is 9.59 Å². The summed E-state index contributed by atoms with van der Waals surface area (Å²) < 4.78 is 5.47. The van der Waals surface area contributed by atoms with Crippen LogP contribution >= 0.6 is 0 Å². The summed E-state index contributed by atoms with van der Waals surface area (Å²) in [5.41, 5.74) is 0.976. The zero-order valence-electron chi connectivity index (χ0n) is 13.9. The van der Waals surface area contributed by atoms with Crippen molar-refractivity contribution in [3.63, 3.8) is 0 Å². The third-order valence-electron chi connectivity index (χ3n) is 4.46. The molecule has 0 aliphatic carbocycles. The van der Waals surface area contributed by atoms with Crippen LogP contribution in [-0.4, -0.2) is 23.3 Å². The van der Waals surface area contributed by atoms with E-state index >= 15 is 0 Å². The number of anilines is 1. The summed E-state index contributed by atoms with van der Waals surface area (Å²) in [5, 5.41) is 11.4. The molecule has 1 aromatic carbocycles. The number of carbonyl (C=O) groups is 2. The molecular weight excluding hydrogens is 318 g/mol. The Bertz CT molecular complexity index is 790. The first kappa shape index (κ1) is 16.8. The monoisotopic (exact) mass is 337 g/mol. The molecule has 0 radical (unpaired) electrons. The van der Waals surface area contributed by atoms with Crippen molar-refractivity contribution in [3.05, 3.63) is 54.0 Å². The van der Waals surface area contributed by atoms with Crippen molar-refractivity contribution < 1.29 is 14.0 Å². The molecule has 128 valence electrons. The summed E-state index contributed by atoms with van der Waals surface area (Å²) in [6.45, 7) is 2.65. The van der Waals surface area contributed by atoms with Gasteiger partial charge in [-0.1, -0.05) is 6.92 Å². The third kappa shape index (κ3) is 3.72. The lowest BCUT2D eigenvalue weighted by molar-refractivity contribution is -0.146. The van der Waals surface area contributed by atoms with Gasteiger partial charge < -0.3 is 14.6 Å². The zero-order valence-corrected chi connectivity index (χ0v) is 13.9. The average Bonchev–Trinajstić information content (AvgIpc) is 3.16. The highest BCUT2D eigenvalue weighted by Gasteiger charge is 2.35. The molecule has 25 heavy (non-hydrogen) atoms. The topological polar surface area (TPSA) is 86.3 Å². The van der Waals surface area contributed by atoms with Gasteiger partial charge in [-0.15, -0.1) is 0 Å². The quantitative estimate of drug-likeness (QED) is 0.853. The number of rotatable bonds is 2. The first-order valence-corrected chi connectivity index (χ1v) is 8.24. The summed E-state index contributed by atoms with van der Waals surface area (Å²) >= 11 is 0. The Balaban J connectivity index is 1.73. The Kier molecular flexibility index (Phi) is 4.85. The van der Waals surface area contributed by atoms with Crippen molar-refractivity contribution >= 4 is 17.5 Å². The number of hydrogen-bond acceptors (Lipinski definition) is 4. The summed E-state index contributed by atoms with van der Waals surface area (Å²) in [5.74, 6) is -0.0970. The molecule has 0 spiro atoms. The highest BCUT2D eigenvalue weighted by atomic mass is 16.3. The van der Waals surface area contributed by atoms with Crippen LogP contribution < -0.4 is 5.32 Å². The van der Waals surface area contributed by atoms with Crippen LogP contribution in [0.1, 0.15) is 37.1 Å². The van der Waals surface area contributed by atoms with Gasteiger partial charge in [-0.05, 0) is 55.2 Å². The van der Waals surface area contributed by atoms with E-state index in [1.807, 2.05) is 12.1 Å². The zero-order chi connectivity index (χ0) is 17.8. The molecule has 1 aliphatic heterocycles. The third-order valence-corrected chi connectivity index (χ3v) is 4.46. The molecule has 1 aromatic heterocycles. The van der Waals surface area contributed by atoms with Crippen LogP contribution in [0.15, 0.2) is 47.1 Å². The Morgan fingerprint density at radius 1 is 1.28 bits per heavy atom. The lowest BCUT2D eigenvalue weighted by Crippen LogP contribution is -2.45. The summed E-state index contributed by atoms with van der Waals surface area (Å²) in [7, 11) is 0. The number of piperidine rings is 1. The molecule has 2 atom stereocenters. The number of nitrogens with zero attached hydrogens (tertiary/aromatic N) is 2. The number of carbonyl (C=O) groups excluding carboxylic acids is 2. The van der Waals surface area contributed by atoms with E-state index in [1.54, 1.807) is 41.5 Å². The number of likely N-dealkylation sites (tertiary alicyclic amines) is 1. The van der Waals surface area contributed by atoms with Crippen molar-refractivity contribution in [2.75, 3.05) is 11.9 Å². The van der Waals surface area contributed by atoms with Crippen molar-refractivity contribution in [1.82, 2.24) is 4.90 Å². The Labute approximate surface area is 146 Å². The molecular formula is C19H19N3O3. The van der Waals surface area contributed by atoms with Crippen LogP contribution in [0.3, 0.4) is 0 Å². The van der Waals surface area contributed by atoms with Gasteiger partial charge in [0, 0.05) is 12.2 Å². The van der Waals surface area contributed by atoms with Crippen LogP contribution in [0.5, 0.6) is 0 Å². The SMILES string of the molecule is C[C@H]1CCN(C(=O)C(=O)Nc2ccc(C#N)cc2)[C@H](c2ccco2)C1. The highest BCUT2D eigenvalue weighted by Crippen LogP contribution is 2.34. The average molecular weight is 337 g/mol. The van der Waals surface area contributed by atoms with Gasteiger partial charge in [-0.2, -0.15) is 5.26 Å². The van der Waals surface area contributed by atoms with Crippen molar-refractivity contribution in [1.29, 1.82) is 5.26 Å². The van der Waals surface area contributed by atoms with E-state index in [0.29, 0.717) is 29.5 Å². The predicted molar refractivity (Wildman–Crippen MR) is 91.3 cm³/mol. The summed E-state index contributed by atoms with van der Waals surface area (Å²) in [4.78, 5) is 26.6. The smallest absolute Gasteiger partial charge is 0.313 e. The number of nitriles is 1. The number of amides is 2. The van der Waals surface area contributed by atoms with Gasteiger partial charge in [0.15, 0.2) is 0 Å². The number of furan rings is 1. The minimum absolute atomic E-state index is 0.224. The molecule has 1 fully saturated rings. The van der Waals surface area contributed by atoms with Crippen LogP contribution in [0.4, 0.5) is 5.69 Å². The molecule has 6 heteroatoms. The summed E-state index contributed by atoms with van der Waals surface area (Å²) in [6, 6.07) is 11.8. The van der Waals surface area contributed by atoms with Gasteiger partial charge in [0.1, 0.15) is 5.76 Å². The van der Waals surface area contributed by atoms with E-state index in [-0.39, 0.29) is 6.04 Å². The molecule has 0 saturated carbocycles. The highest BCUT2D eigenvalue weighted by molar-refractivity contribution is 6.39. The molecule has 0 bridgehead atoms. The Morgan fingerprint density at radius 3 is 2.68 bits per heavy atom. The van der Waals surface area contributed by atoms with Gasteiger partial charge in [0.05, 0.1) is 23.9 Å². The van der Waals surface area contributed by atoms with E-state index in [2.05, 4.69) is 12.2 Å². The first-order valence-electron chi connectivity index (χ1n) is 8.24. The van der Waals surface area contributed by atoms with E-state index in [9.17, 15) is 9.59 Å². The molecule has 1 aliphatic rings. The van der Waals surface area contributed by atoms with Gasteiger partial charge in [0.2, 0.25) is 0 Å². The Hall–Kier alpha value is -3.07. The second-order valence-corrected chi connectivity index (χ2v) is 6.30. The lowest BCUT2D eigenvalue weighted by atomic mass is 9.91. The fourth-order valence-electron chi connectivity index (χ4n) is 3.08. The maximum Gasteiger partial charge on any atom is 0.313 e. The van der Waals surface area contributed by atoms with Gasteiger partial charge in [0.25, 0.3) is 0 Å². The molecule has 3 rings (SSSR count). The molecule has 1 saturated heterocycles. The van der Waals surface area contributed by atoms with Crippen molar-refractivity contribution in [2.45, 2.75) is 25.8 Å². The normalized spacial score (nSPS) is 19.9. The van der Waals surface area contributed by atoms with Crippen molar-refractivity contribution in [3.8, 4) is 6.07 Å². The van der Waals surface area contributed by atoms with Gasteiger partial charge in [-0.3, -0.25) is 9.59 Å². The van der Waals surface area contributed by atoms with Gasteiger partial charge >= 0.3 is 11.8 Å².